The molecule has 0 atom stereocenters. The maximum absolute atomic E-state index is 4.54. The zero-order valence-electron chi connectivity index (χ0n) is 31.4. The van der Waals surface area contributed by atoms with E-state index in [-0.39, 0.29) is 20.1 Å². The van der Waals surface area contributed by atoms with E-state index in [4.69, 9.17) is 0 Å². The number of pyridine rings is 1. The van der Waals surface area contributed by atoms with Gasteiger partial charge in [-0.2, -0.15) is 57.7 Å². The average Bonchev–Trinajstić information content (AvgIpc) is 3.99. The van der Waals surface area contributed by atoms with Crippen LogP contribution in [0.5, 0.6) is 0 Å². The normalized spacial score (nSPS) is 10.6. The first-order chi connectivity index (χ1) is 27.7. The molecule has 0 bridgehead atoms. The molecule has 0 radical (unpaired) electrons. The van der Waals surface area contributed by atoms with Crippen LogP contribution >= 0.6 is 0 Å². The Kier molecular flexibility index (Phi) is 13.2. The molecule has 5 nitrogen and oxygen atoms in total. The Morgan fingerprint density at radius 1 is 0.439 bits per heavy atom. The molecule has 0 saturated carbocycles. The molecule has 57 heavy (non-hydrogen) atoms. The molecule has 6 aromatic carbocycles. The van der Waals surface area contributed by atoms with Crippen LogP contribution in [0.25, 0.3) is 44.9 Å². The van der Waals surface area contributed by atoms with Crippen LogP contribution in [0.15, 0.2) is 195 Å². The quantitative estimate of drug-likeness (QED) is 0.122. The van der Waals surface area contributed by atoms with Crippen LogP contribution in [0.4, 0.5) is 0 Å². The number of benzene rings is 6. The number of nitrogens with zero attached hydrogens (tertiary/aromatic N) is 5. The van der Waals surface area contributed by atoms with Crippen molar-refractivity contribution in [3.05, 3.63) is 235 Å². The molecule has 0 saturated heterocycles. The van der Waals surface area contributed by atoms with Gasteiger partial charge in [0.2, 0.25) is 0 Å². The van der Waals surface area contributed by atoms with Gasteiger partial charge in [0, 0.05) is 29.7 Å². The summed E-state index contributed by atoms with van der Waals surface area (Å²) in [6.07, 6.45) is 13.7. The number of hydrogen-bond donors (Lipinski definition) is 0. The molecule has 9 aromatic rings. The van der Waals surface area contributed by atoms with Crippen LogP contribution in [0.3, 0.4) is 0 Å². The topological polar surface area (TPSA) is 48.5 Å². The van der Waals surface area contributed by atoms with E-state index >= 15 is 0 Å². The van der Waals surface area contributed by atoms with Gasteiger partial charge in [0.05, 0.1) is 12.4 Å². The van der Waals surface area contributed by atoms with Crippen LogP contribution in [-0.4, -0.2) is 24.5 Å². The third-order valence-corrected chi connectivity index (χ3v) is 9.64. The van der Waals surface area contributed by atoms with Gasteiger partial charge in [-0.05, 0) is 58.2 Å². The first-order valence-electron chi connectivity index (χ1n) is 18.9. The van der Waals surface area contributed by atoms with Crippen molar-refractivity contribution in [1.82, 2.24) is 24.5 Å². The fourth-order valence-electron chi connectivity index (χ4n) is 6.55. The number of hydrogen-bond acceptors (Lipinski definition) is 3. The Balaban J connectivity index is 0.000000326. The molecule has 0 aliphatic carbocycles. The van der Waals surface area contributed by atoms with Crippen molar-refractivity contribution in [2.45, 2.75) is 25.7 Å². The minimum atomic E-state index is 0. The van der Waals surface area contributed by atoms with Crippen molar-refractivity contribution in [3.63, 3.8) is 0 Å². The van der Waals surface area contributed by atoms with Crippen molar-refractivity contribution in [2.75, 3.05) is 0 Å². The largest absolute Gasteiger partial charge is 3.00 e. The van der Waals surface area contributed by atoms with E-state index in [2.05, 4.69) is 131 Å². The van der Waals surface area contributed by atoms with Gasteiger partial charge in [-0.15, -0.1) is 48.0 Å². The SMILES string of the molecule is [Ir+3].[c-]1cc(CCc2cccc(CCc3c[c-]c(-n4cc(-c5ccccc5)cn4)cc3)c2)ccc1-n1cc(-c2ccccc2)cn1.[c-]1ccccc1-c1ccccn1. The molecule has 0 spiro atoms. The van der Waals surface area contributed by atoms with Crippen LogP contribution in [0.1, 0.15) is 22.3 Å². The van der Waals surface area contributed by atoms with E-state index < -0.39 is 0 Å². The Bertz CT molecular complexity index is 2370. The first-order valence-corrected chi connectivity index (χ1v) is 18.9. The smallest absolute Gasteiger partial charge is 0.305 e. The second-order valence-corrected chi connectivity index (χ2v) is 13.6. The Labute approximate surface area is 348 Å². The third kappa shape index (κ3) is 10.4. The molecule has 278 valence electrons. The summed E-state index contributed by atoms with van der Waals surface area (Å²) in [5, 5.41) is 9.09. The van der Waals surface area contributed by atoms with Gasteiger partial charge in [-0.3, -0.25) is 9.36 Å². The predicted octanol–water partition coefficient (Wildman–Crippen LogP) is 11.1. The van der Waals surface area contributed by atoms with Gasteiger partial charge in [0.15, 0.2) is 0 Å². The molecular formula is C51H40IrN5. The summed E-state index contributed by atoms with van der Waals surface area (Å²) in [5.74, 6) is 0. The average molecular weight is 915 g/mol. The van der Waals surface area contributed by atoms with Crippen LogP contribution in [0, 0.1) is 18.2 Å². The van der Waals surface area contributed by atoms with Gasteiger partial charge in [-0.25, -0.2) is 0 Å². The van der Waals surface area contributed by atoms with Gasteiger partial charge in [0.25, 0.3) is 0 Å². The summed E-state index contributed by atoms with van der Waals surface area (Å²) in [7, 11) is 0. The second-order valence-electron chi connectivity index (χ2n) is 13.6. The van der Waals surface area contributed by atoms with Gasteiger partial charge in [-0.1, -0.05) is 110 Å². The zero-order chi connectivity index (χ0) is 37.8. The van der Waals surface area contributed by atoms with E-state index in [1.165, 1.54) is 22.3 Å². The van der Waals surface area contributed by atoms with Gasteiger partial charge >= 0.3 is 20.1 Å². The Morgan fingerprint density at radius 2 is 0.965 bits per heavy atom. The minimum Gasteiger partial charge on any atom is -0.305 e. The number of rotatable bonds is 11. The van der Waals surface area contributed by atoms with Gasteiger partial charge < -0.3 is 4.98 Å². The standard InChI is InChI=1S/C40H32N4.C11H8N.Ir/c1-3-10-35(11-4-1)37-27-41-43(29-37)39-22-18-31(19-23-39)14-16-33-8-7-9-34(26-33)17-15-32-20-24-40(25-21-32)44-30-38(28-42-44)36-12-5-2-6-13-36;1-2-6-10(7-3-1)11-8-4-5-9-12-11;/h1-13,18-22,24,26-30H,14-17H2;1-6,8-9H;/q-2;-1;+3. The van der Waals surface area contributed by atoms with Crippen LogP contribution < -0.4 is 0 Å². The molecule has 0 unspecified atom stereocenters. The maximum Gasteiger partial charge on any atom is 3.00 e. The molecule has 9 rings (SSSR count). The van der Waals surface area contributed by atoms with E-state index in [0.717, 1.165) is 70.6 Å². The van der Waals surface area contributed by atoms with Crippen molar-refractivity contribution in [3.8, 4) is 44.9 Å². The fourth-order valence-corrected chi connectivity index (χ4v) is 6.55. The molecular weight excluding hydrogens is 875 g/mol. The zero-order valence-corrected chi connectivity index (χ0v) is 33.8. The summed E-state index contributed by atoms with van der Waals surface area (Å²) >= 11 is 0. The van der Waals surface area contributed by atoms with Crippen LogP contribution in [0.2, 0.25) is 0 Å². The fraction of sp³-hybridized carbons (Fsp3) is 0.0784. The minimum absolute atomic E-state index is 0. The third-order valence-electron chi connectivity index (χ3n) is 9.64. The summed E-state index contributed by atoms with van der Waals surface area (Å²) in [6, 6.07) is 66.0. The molecule has 0 aliphatic rings. The summed E-state index contributed by atoms with van der Waals surface area (Å²) in [5.41, 5.74) is 13.7. The molecule has 3 heterocycles. The van der Waals surface area contributed by atoms with Crippen molar-refractivity contribution < 1.29 is 20.1 Å². The number of aryl methyl sites for hydroxylation is 4. The van der Waals surface area contributed by atoms with E-state index in [9.17, 15) is 0 Å². The second kappa shape index (κ2) is 19.4. The molecule has 6 heteroatoms. The van der Waals surface area contributed by atoms with Crippen LogP contribution in [-0.2, 0) is 45.8 Å². The van der Waals surface area contributed by atoms with Crippen molar-refractivity contribution in [1.29, 1.82) is 0 Å². The predicted molar refractivity (Wildman–Crippen MR) is 225 cm³/mol. The Hall–Kier alpha value is -6.46. The number of aromatic nitrogens is 5. The first kappa shape index (κ1) is 38.8. The molecule has 0 fully saturated rings. The van der Waals surface area contributed by atoms with Crippen molar-refractivity contribution >= 4 is 0 Å². The maximum atomic E-state index is 4.54. The van der Waals surface area contributed by atoms with E-state index in [1.54, 1.807) is 6.20 Å². The van der Waals surface area contributed by atoms with E-state index in [0.29, 0.717) is 0 Å². The summed E-state index contributed by atoms with van der Waals surface area (Å²) in [6.45, 7) is 0. The summed E-state index contributed by atoms with van der Waals surface area (Å²) in [4.78, 5) is 4.22. The summed E-state index contributed by atoms with van der Waals surface area (Å²) < 4.78 is 3.78. The monoisotopic (exact) mass is 915 g/mol. The van der Waals surface area contributed by atoms with E-state index in [1.807, 2.05) is 101 Å². The van der Waals surface area contributed by atoms with Crippen molar-refractivity contribution in [2.24, 2.45) is 0 Å². The van der Waals surface area contributed by atoms with Gasteiger partial charge in [0.1, 0.15) is 0 Å². The molecule has 3 aromatic heterocycles. The Morgan fingerprint density at radius 3 is 1.44 bits per heavy atom. The molecule has 0 amide bonds. The molecule has 0 N–H and O–H groups in total. The molecule has 0 aliphatic heterocycles.